The Morgan fingerprint density at radius 1 is 1.25 bits per heavy atom. The maximum Gasteiger partial charge on any atom is 0.222 e. The number of aromatic nitrogens is 2. The van der Waals surface area contributed by atoms with Crippen molar-refractivity contribution >= 4 is 17.5 Å². The van der Waals surface area contributed by atoms with Crippen molar-refractivity contribution in [1.29, 1.82) is 0 Å². The quantitative estimate of drug-likeness (QED) is 0.794. The second-order valence-electron chi connectivity index (χ2n) is 4.96. The van der Waals surface area contributed by atoms with Gasteiger partial charge in [0.15, 0.2) is 0 Å². The predicted molar refractivity (Wildman–Crippen MR) is 81.0 cm³/mol. The van der Waals surface area contributed by atoms with Crippen LogP contribution in [0.4, 0.5) is 17.5 Å². The van der Waals surface area contributed by atoms with Gasteiger partial charge in [-0.25, -0.2) is 4.98 Å². The summed E-state index contributed by atoms with van der Waals surface area (Å²) in [5.41, 5.74) is 10.3. The second kappa shape index (κ2) is 5.46. The highest BCUT2D eigenvalue weighted by Gasteiger charge is 2.16. The summed E-state index contributed by atoms with van der Waals surface area (Å²) < 4.78 is 0. The van der Waals surface area contributed by atoms with Crippen LogP contribution in [0.5, 0.6) is 0 Å². The van der Waals surface area contributed by atoms with Crippen molar-refractivity contribution in [3.8, 4) is 0 Å². The summed E-state index contributed by atoms with van der Waals surface area (Å²) in [6.07, 6.45) is 1.94. The molecular formula is C15H19N5. The van der Waals surface area contributed by atoms with Crippen LogP contribution < -0.4 is 16.4 Å². The van der Waals surface area contributed by atoms with E-state index in [4.69, 9.17) is 5.73 Å². The summed E-state index contributed by atoms with van der Waals surface area (Å²) in [7, 11) is 0. The average molecular weight is 269 g/mol. The Hall–Kier alpha value is -2.14. The number of nitrogens with zero attached hydrogens (tertiary/aromatic N) is 2. The fraction of sp³-hybridized carbons (Fsp3) is 0.333. The van der Waals surface area contributed by atoms with E-state index in [9.17, 15) is 0 Å². The van der Waals surface area contributed by atoms with Crippen LogP contribution in [-0.4, -0.2) is 16.5 Å². The molecule has 1 aromatic heterocycles. The zero-order valence-corrected chi connectivity index (χ0v) is 11.6. The van der Waals surface area contributed by atoms with Crippen molar-refractivity contribution in [2.45, 2.75) is 26.3 Å². The minimum Gasteiger partial charge on any atom is -0.368 e. The number of benzene rings is 1. The van der Waals surface area contributed by atoms with Crippen LogP contribution in [0, 0.1) is 0 Å². The Balaban J connectivity index is 1.91. The number of fused-ring (bicyclic) bond motifs is 1. The molecule has 0 radical (unpaired) electrons. The minimum absolute atomic E-state index is 0.332. The topological polar surface area (TPSA) is 75.9 Å². The fourth-order valence-electron chi connectivity index (χ4n) is 2.43. The van der Waals surface area contributed by atoms with Gasteiger partial charge in [-0.05, 0) is 24.1 Å². The summed E-state index contributed by atoms with van der Waals surface area (Å²) in [4.78, 5) is 8.67. The number of rotatable bonds is 3. The van der Waals surface area contributed by atoms with E-state index in [1.54, 1.807) is 0 Å². The first-order chi connectivity index (χ1) is 9.76. The van der Waals surface area contributed by atoms with E-state index in [-0.39, 0.29) is 0 Å². The molecule has 1 aromatic carbocycles. The first kappa shape index (κ1) is 12.9. The third kappa shape index (κ3) is 2.58. The van der Waals surface area contributed by atoms with Gasteiger partial charge in [0.2, 0.25) is 5.95 Å². The van der Waals surface area contributed by atoms with Crippen LogP contribution in [0.25, 0.3) is 0 Å². The van der Waals surface area contributed by atoms with Crippen LogP contribution in [0.1, 0.15) is 23.7 Å². The molecule has 104 valence electrons. The van der Waals surface area contributed by atoms with Gasteiger partial charge in [-0.2, -0.15) is 4.98 Å². The van der Waals surface area contributed by atoms with Crippen LogP contribution in [0.3, 0.4) is 0 Å². The normalized spacial score (nSPS) is 13.8. The Bertz CT molecular complexity index is 606. The summed E-state index contributed by atoms with van der Waals surface area (Å²) in [5.74, 6) is 1.14. The van der Waals surface area contributed by atoms with E-state index < -0.39 is 0 Å². The van der Waals surface area contributed by atoms with Crippen molar-refractivity contribution in [3.63, 3.8) is 0 Å². The number of aryl methyl sites for hydroxylation is 1. The first-order valence-corrected chi connectivity index (χ1v) is 6.98. The van der Waals surface area contributed by atoms with Crippen molar-refractivity contribution in [1.82, 2.24) is 15.3 Å². The van der Waals surface area contributed by atoms with Gasteiger partial charge in [0.1, 0.15) is 5.82 Å². The molecule has 5 nitrogen and oxygen atoms in total. The number of nitrogens with two attached hydrogens (primary N) is 1. The first-order valence-electron chi connectivity index (χ1n) is 6.98. The van der Waals surface area contributed by atoms with Crippen LogP contribution in [0.15, 0.2) is 24.3 Å². The second-order valence-corrected chi connectivity index (χ2v) is 4.96. The Morgan fingerprint density at radius 2 is 2.05 bits per heavy atom. The molecule has 0 amide bonds. The molecule has 0 aliphatic carbocycles. The smallest absolute Gasteiger partial charge is 0.222 e. The number of anilines is 3. The maximum absolute atomic E-state index is 5.80. The van der Waals surface area contributed by atoms with Gasteiger partial charge in [-0.3, -0.25) is 0 Å². The summed E-state index contributed by atoms with van der Waals surface area (Å²) in [6, 6.07) is 8.38. The van der Waals surface area contributed by atoms with Gasteiger partial charge in [0.25, 0.3) is 0 Å². The summed E-state index contributed by atoms with van der Waals surface area (Å²) in [6.45, 7) is 3.87. The van der Waals surface area contributed by atoms with Crippen molar-refractivity contribution < 1.29 is 0 Å². The SMILES string of the molecule is CCc1ccc(Nc2nc(N)nc3c2CNCC3)cc1. The van der Waals surface area contributed by atoms with Crippen LogP contribution in [-0.2, 0) is 19.4 Å². The molecule has 0 atom stereocenters. The van der Waals surface area contributed by atoms with E-state index in [1.165, 1.54) is 5.56 Å². The largest absolute Gasteiger partial charge is 0.368 e. The molecule has 0 fully saturated rings. The van der Waals surface area contributed by atoms with Gasteiger partial charge < -0.3 is 16.4 Å². The van der Waals surface area contributed by atoms with Gasteiger partial charge in [-0.15, -0.1) is 0 Å². The van der Waals surface area contributed by atoms with E-state index in [0.29, 0.717) is 5.95 Å². The van der Waals surface area contributed by atoms with Gasteiger partial charge in [-0.1, -0.05) is 19.1 Å². The molecule has 4 N–H and O–H groups in total. The lowest BCUT2D eigenvalue weighted by molar-refractivity contribution is 0.629. The molecule has 0 saturated heterocycles. The molecule has 2 heterocycles. The maximum atomic E-state index is 5.80. The molecule has 1 aliphatic rings. The number of hydrogen-bond donors (Lipinski definition) is 3. The molecule has 5 heteroatoms. The lowest BCUT2D eigenvalue weighted by Crippen LogP contribution is -2.26. The molecular weight excluding hydrogens is 250 g/mol. The van der Waals surface area contributed by atoms with E-state index in [0.717, 1.165) is 48.7 Å². The molecule has 20 heavy (non-hydrogen) atoms. The molecule has 3 rings (SSSR count). The van der Waals surface area contributed by atoms with Crippen molar-refractivity contribution in [3.05, 3.63) is 41.1 Å². The predicted octanol–water partition coefficient (Wildman–Crippen LogP) is 2.01. The molecule has 0 bridgehead atoms. The third-order valence-corrected chi connectivity index (χ3v) is 3.58. The monoisotopic (exact) mass is 269 g/mol. The van der Waals surface area contributed by atoms with Gasteiger partial charge in [0.05, 0.1) is 5.69 Å². The van der Waals surface area contributed by atoms with E-state index in [2.05, 4.69) is 51.8 Å². The van der Waals surface area contributed by atoms with Crippen LogP contribution >= 0.6 is 0 Å². The van der Waals surface area contributed by atoms with E-state index >= 15 is 0 Å². The summed E-state index contributed by atoms with van der Waals surface area (Å²) >= 11 is 0. The highest BCUT2D eigenvalue weighted by atomic mass is 15.1. The number of nitrogen functional groups attached to an aromatic ring is 1. The Kier molecular flexibility index (Phi) is 3.52. The van der Waals surface area contributed by atoms with Crippen molar-refractivity contribution in [2.24, 2.45) is 0 Å². The molecule has 0 unspecified atom stereocenters. The molecule has 0 saturated carbocycles. The van der Waals surface area contributed by atoms with E-state index in [1.807, 2.05) is 0 Å². The number of hydrogen-bond acceptors (Lipinski definition) is 5. The zero-order chi connectivity index (χ0) is 13.9. The lowest BCUT2D eigenvalue weighted by atomic mass is 10.1. The van der Waals surface area contributed by atoms with Gasteiger partial charge in [0, 0.05) is 30.8 Å². The lowest BCUT2D eigenvalue weighted by Gasteiger charge is -2.20. The highest BCUT2D eigenvalue weighted by Crippen LogP contribution is 2.24. The fourth-order valence-corrected chi connectivity index (χ4v) is 2.43. The summed E-state index contributed by atoms with van der Waals surface area (Å²) in [5, 5.41) is 6.70. The average Bonchev–Trinajstić information content (AvgIpc) is 2.48. The number of nitrogens with one attached hydrogen (secondary N) is 2. The standard InChI is InChI=1S/C15H19N5/c1-2-10-3-5-11(6-4-10)18-14-12-9-17-8-7-13(12)19-15(16)20-14/h3-6,17H,2,7-9H2,1H3,(H3,16,18,19,20). The Morgan fingerprint density at radius 3 is 2.80 bits per heavy atom. The van der Waals surface area contributed by atoms with Crippen LogP contribution in [0.2, 0.25) is 0 Å². The molecule has 0 spiro atoms. The minimum atomic E-state index is 0.332. The highest BCUT2D eigenvalue weighted by molar-refractivity contribution is 5.62. The zero-order valence-electron chi connectivity index (χ0n) is 11.6. The Labute approximate surface area is 118 Å². The van der Waals surface area contributed by atoms with Gasteiger partial charge >= 0.3 is 0 Å². The molecule has 1 aliphatic heterocycles. The molecule has 2 aromatic rings. The third-order valence-electron chi connectivity index (χ3n) is 3.58. The van der Waals surface area contributed by atoms with Crippen molar-refractivity contribution in [2.75, 3.05) is 17.6 Å².